The lowest BCUT2D eigenvalue weighted by atomic mass is 9.79. The van der Waals surface area contributed by atoms with Gasteiger partial charge in [-0.3, -0.25) is 14.5 Å². The lowest BCUT2D eigenvalue weighted by Gasteiger charge is -2.33. The third kappa shape index (κ3) is 4.55. The van der Waals surface area contributed by atoms with E-state index in [9.17, 15) is 9.59 Å². The molecule has 3 aromatic rings. The quantitative estimate of drug-likeness (QED) is 0.393. The van der Waals surface area contributed by atoms with Crippen LogP contribution in [0.15, 0.2) is 82.6 Å². The average Bonchev–Trinajstić information content (AvgIpc) is 3.34. The molecule has 0 saturated heterocycles. The van der Waals surface area contributed by atoms with Crippen LogP contribution in [0.4, 0.5) is 11.4 Å². The Morgan fingerprint density at radius 2 is 1.83 bits per heavy atom. The van der Waals surface area contributed by atoms with Crippen LogP contribution in [0.3, 0.4) is 0 Å². The molecule has 0 saturated carbocycles. The van der Waals surface area contributed by atoms with E-state index in [1.54, 1.807) is 11.2 Å². The zero-order valence-corrected chi connectivity index (χ0v) is 20.4. The Morgan fingerprint density at radius 3 is 2.57 bits per heavy atom. The van der Waals surface area contributed by atoms with Crippen molar-refractivity contribution in [3.63, 3.8) is 0 Å². The maximum atomic E-state index is 13.8. The van der Waals surface area contributed by atoms with Gasteiger partial charge in [-0.25, -0.2) is 0 Å². The van der Waals surface area contributed by atoms with E-state index in [1.165, 1.54) is 5.56 Å². The van der Waals surface area contributed by atoms with Gasteiger partial charge in [-0.1, -0.05) is 61.7 Å². The topological polar surface area (TPSA) is 62.6 Å². The van der Waals surface area contributed by atoms with E-state index in [4.69, 9.17) is 4.42 Å². The average molecular weight is 469 g/mol. The molecule has 0 spiro atoms. The van der Waals surface area contributed by atoms with Gasteiger partial charge in [-0.05, 0) is 55.5 Å². The Bertz CT molecular complexity index is 1240. The molecule has 1 aromatic heterocycles. The summed E-state index contributed by atoms with van der Waals surface area (Å²) in [5.41, 5.74) is 5.51. The summed E-state index contributed by atoms with van der Waals surface area (Å²) >= 11 is 0. The number of nitrogens with zero attached hydrogens (tertiary/aromatic N) is 1. The van der Waals surface area contributed by atoms with Crippen molar-refractivity contribution in [2.24, 2.45) is 0 Å². The highest BCUT2D eigenvalue weighted by Gasteiger charge is 2.42. The van der Waals surface area contributed by atoms with Crippen LogP contribution in [-0.4, -0.2) is 11.7 Å². The Hall–Kier alpha value is -3.60. The van der Waals surface area contributed by atoms with E-state index < -0.39 is 6.04 Å². The molecular weight excluding hydrogens is 436 g/mol. The first-order valence-corrected chi connectivity index (χ1v) is 12.6. The minimum absolute atomic E-state index is 0.0105. The highest BCUT2D eigenvalue weighted by molar-refractivity contribution is 6.06. The molecule has 1 N–H and O–H groups in total. The molecule has 0 fully saturated rings. The van der Waals surface area contributed by atoms with Gasteiger partial charge < -0.3 is 9.73 Å². The van der Waals surface area contributed by atoms with Crippen LogP contribution in [0, 0.1) is 6.92 Å². The van der Waals surface area contributed by atoms with Gasteiger partial charge in [-0.2, -0.15) is 0 Å². The summed E-state index contributed by atoms with van der Waals surface area (Å²) in [7, 11) is 0. The van der Waals surface area contributed by atoms with E-state index in [2.05, 4.69) is 43.4 Å². The molecule has 5 rings (SSSR count). The number of carbonyl (C=O) groups excluding carboxylic acids is 2. The van der Waals surface area contributed by atoms with Crippen LogP contribution < -0.4 is 10.2 Å². The van der Waals surface area contributed by atoms with E-state index in [0.29, 0.717) is 30.6 Å². The van der Waals surface area contributed by atoms with Crippen molar-refractivity contribution in [3.05, 3.63) is 95.1 Å². The number of aryl methyl sites for hydroxylation is 1. The second-order valence-corrected chi connectivity index (χ2v) is 9.61. The number of nitrogens with one attached hydrogen (secondary N) is 1. The number of Topliss-reactive ketones (excluding diaryl/α,β-unsaturated/α-hetero) is 1. The number of fused-ring (bicyclic) bond motifs is 1. The molecule has 35 heavy (non-hydrogen) atoms. The summed E-state index contributed by atoms with van der Waals surface area (Å²) in [4.78, 5) is 29.4. The molecule has 1 aliphatic carbocycles. The predicted octanol–water partition coefficient (Wildman–Crippen LogP) is 7.07. The number of amides is 1. The van der Waals surface area contributed by atoms with Crippen molar-refractivity contribution in [1.29, 1.82) is 0 Å². The van der Waals surface area contributed by atoms with Crippen LogP contribution in [-0.2, 0) is 9.59 Å². The molecule has 5 nitrogen and oxygen atoms in total. The number of rotatable bonds is 6. The zero-order valence-electron chi connectivity index (χ0n) is 20.4. The van der Waals surface area contributed by atoms with Crippen molar-refractivity contribution in [3.8, 4) is 0 Å². The molecule has 0 radical (unpaired) electrons. The number of hydrogen-bond donors (Lipinski definition) is 1. The number of para-hydroxylation sites is 2. The molecule has 5 heteroatoms. The second kappa shape index (κ2) is 9.95. The second-order valence-electron chi connectivity index (χ2n) is 9.61. The number of furan rings is 1. The van der Waals surface area contributed by atoms with Crippen molar-refractivity contribution >= 4 is 23.1 Å². The first-order chi connectivity index (χ1) is 17.1. The summed E-state index contributed by atoms with van der Waals surface area (Å²) in [5, 5.41) is 3.57. The molecule has 1 amide bonds. The third-order valence-electron chi connectivity index (χ3n) is 7.11. The Balaban J connectivity index is 1.62. The van der Waals surface area contributed by atoms with Gasteiger partial charge in [-0.15, -0.1) is 0 Å². The van der Waals surface area contributed by atoms with E-state index in [-0.39, 0.29) is 17.6 Å². The SMILES string of the molecule is CCCCCC(=O)N1c2ccccc2NC2=C(C(=O)C[C@@H](c3ccc(C)cc3)C2)[C@@H]1c1ccco1. The van der Waals surface area contributed by atoms with Crippen molar-refractivity contribution in [2.75, 3.05) is 10.2 Å². The first-order valence-electron chi connectivity index (χ1n) is 12.6. The van der Waals surface area contributed by atoms with Gasteiger partial charge in [0.2, 0.25) is 5.91 Å². The minimum Gasteiger partial charge on any atom is -0.467 e. The van der Waals surface area contributed by atoms with E-state index >= 15 is 0 Å². The largest absolute Gasteiger partial charge is 0.467 e. The molecule has 2 atom stereocenters. The lowest BCUT2D eigenvalue weighted by molar-refractivity contribution is -0.119. The summed E-state index contributed by atoms with van der Waals surface area (Å²) < 4.78 is 5.86. The number of unbranched alkanes of at least 4 members (excludes halogenated alkanes) is 2. The summed E-state index contributed by atoms with van der Waals surface area (Å²) in [5.74, 6) is 0.772. The number of ketones is 1. The van der Waals surface area contributed by atoms with Gasteiger partial charge in [0, 0.05) is 24.1 Å². The van der Waals surface area contributed by atoms with Crippen molar-refractivity contribution in [1.82, 2.24) is 0 Å². The number of hydrogen-bond acceptors (Lipinski definition) is 4. The summed E-state index contributed by atoms with van der Waals surface area (Å²) in [6.07, 6.45) is 6.02. The van der Waals surface area contributed by atoms with Crippen LogP contribution in [0.25, 0.3) is 0 Å². The van der Waals surface area contributed by atoms with Crippen molar-refractivity contribution < 1.29 is 14.0 Å². The molecule has 0 unspecified atom stereocenters. The monoisotopic (exact) mass is 468 g/mol. The molecule has 2 aliphatic rings. The number of carbonyl (C=O) groups is 2. The number of benzene rings is 2. The van der Waals surface area contributed by atoms with Gasteiger partial charge in [0.15, 0.2) is 5.78 Å². The maximum Gasteiger partial charge on any atom is 0.228 e. The fourth-order valence-electron chi connectivity index (χ4n) is 5.30. The molecular formula is C30H32N2O3. The molecule has 2 heterocycles. The Labute approximate surface area is 206 Å². The lowest BCUT2D eigenvalue weighted by Crippen LogP contribution is -2.38. The van der Waals surface area contributed by atoms with Gasteiger partial charge in [0.1, 0.15) is 11.8 Å². The van der Waals surface area contributed by atoms with Gasteiger partial charge in [0.05, 0.1) is 17.6 Å². The first kappa shape index (κ1) is 23.2. The maximum absolute atomic E-state index is 13.8. The highest BCUT2D eigenvalue weighted by atomic mass is 16.3. The summed E-state index contributed by atoms with van der Waals surface area (Å²) in [6.45, 7) is 4.20. The fraction of sp³-hybridized carbons (Fsp3) is 0.333. The Morgan fingerprint density at radius 1 is 1.03 bits per heavy atom. The fourth-order valence-corrected chi connectivity index (χ4v) is 5.30. The van der Waals surface area contributed by atoms with Gasteiger partial charge in [0.25, 0.3) is 0 Å². The third-order valence-corrected chi connectivity index (χ3v) is 7.11. The molecule has 2 aromatic carbocycles. The van der Waals surface area contributed by atoms with Crippen molar-refractivity contribution in [2.45, 2.75) is 64.3 Å². The van der Waals surface area contributed by atoms with Crippen LogP contribution in [0.1, 0.15) is 74.3 Å². The highest BCUT2D eigenvalue weighted by Crippen LogP contribution is 2.47. The number of allylic oxidation sites excluding steroid dienone is 1. The molecule has 1 aliphatic heterocycles. The predicted molar refractivity (Wildman–Crippen MR) is 138 cm³/mol. The van der Waals surface area contributed by atoms with E-state index in [0.717, 1.165) is 41.9 Å². The smallest absolute Gasteiger partial charge is 0.228 e. The normalized spacial score (nSPS) is 19.6. The standard InChI is InChI=1S/C30H32N2O3/c1-3-4-5-12-28(34)32-25-10-7-6-9-23(25)31-24-18-22(21-15-13-20(2)14-16-21)19-26(33)29(24)30(32)27-11-8-17-35-27/h6-11,13-17,22,30-31H,3-5,12,18-19H2,1-2H3/t22-,30-/m0/s1. The van der Waals surface area contributed by atoms with E-state index in [1.807, 2.05) is 36.4 Å². The number of anilines is 2. The minimum atomic E-state index is -0.586. The van der Waals surface area contributed by atoms with Crippen LogP contribution in [0.2, 0.25) is 0 Å². The summed E-state index contributed by atoms with van der Waals surface area (Å²) in [6, 6.07) is 19.4. The van der Waals surface area contributed by atoms with Crippen LogP contribution >= 0.6 is 0 Å². The molecule has 0 bridgehead atoms. The molecule has 180 valence electrons. The Kier molecular flexibility index (Phi) is 6.58. The van der Waals surface area contributed by atoms with Crippen LogP contribution in [0.5, 0.6) is 0 Å². The zero-order chi connectivity index (χ0) is 24.4. The van der Waals surface area contributed by atoms with Gasteiger partial charge >= 0.3 is 0 Å².